The molecule has 0 spiro atoms. The summed E-state index contributed by atoms with van der Waals surface area (Å²) in [6.07, 6.45) is 4.55. The van der Waals surface area contributed by atoms with Crippen molar-refractivity contribution in [1.29, 1.82) is 0 Å². The van der Waals surface area contributed by atoms with Crippen LogP contribution in [0.3, 0.4) is 0 Å². The molecule has 3 aromatic rings. The van der Waals surface area contributed by atoms with E-state index in [9.17, 15) is 14.7 Å². The van der Waals surface area contributed by atoms with E-state index >= 15 is 0 Å². The zero-order chi connectivity index (χ0) is 19.1. The van der Waals surface area contributed by atoms with E-state index in [1.54, 1.807) is 29.1 Å². The van der Waals surface area contributed by atoms with Gasteiger partial charge in [0.05, 0.1) is 17.3 Å². The van der Waals surface area contributed by atoms with Gasteiger partial charge in [-0.1, -0.05) is 0 Å². The van der Waals surface area contributed by atoms with Crippen LogP contribution in [0.4, 0.5) is 5.82 Å². The Morgan fingerprint density at radius 2 is 2.00 bits per heavy atom. The SMILES string of the molecule is CN(C)C1CN(c2ccc(-n3cc(C(=O)O)c(=O)c4cccnc43)cn2)C1. The Morgan fingerprint density at radius 3 is 2.63 bits per heavy atom. The van der Waals surface area contributed by atoms with E-state index in [1.165, 1.54) is 6.20 Å². The highest BCUT2D eigenvalue weighted by molar-refractivity contribution is 5.92. The number of hydrogen-bond donors (Lipinski definition) is 1. The van der Waals surface area contributed by atoms with E-state index in [1.807, 2.05) is 12.1 Å². The average Bonchev–Trinajstić information content (AvgIpc) is 2.61. The van der Waals surface area contributed by atoms with E-state index in [4.69, 9.17) is 0 Å². The van der Waals surface area contributed by atoms with Gasteiger partial charge >= 0.3 is 5.97 Å². The second-order valence-corrected chi connectivity index (χ2v) is 6.82. The molecule has 4 heterocycles. The molecule has 3 aromatic heterocycles. The zero-order valence-corrected chi connectivity index (χ0v) is 15.0. The van der Waals surface area contributed by atoms with Crippen molar-refractivity contribution < 1.29 is 9.90 Å². The minimum atomic E-state index is -1.26. The fourth-order valence-electron chi connectivity index (χ4n) is 3.19. The minimum Gasteiger partial charge on any atom is -0.477 e. The van der Waals surface area contributed by atoms with Crippen molar-refractivity contribution in [2.24, 2.45) is 0 Å². The molecule has 138 valence electrons. The van der Waals surface area contributed by atoms with Gasteiger partial charge < -0.3 is 14.9 Å². The van der Waals surface area contributed by atoms with E-state index in [0.29, 0.717) is 17.4 Å². The maximum atomic E-state index is 12.4. The predicted molar refractivity (Wildman–Crippen MR) is 102 cm³/mol. The number of carboxylic acid groups (broad SMARTS) is 1. The van der Waals surface area contributed by atoms with Crippen LogP contribution in [0, 0.1) is 0 Å². The van der Waals surface area contributed by atoms with Crippen molar-refractivity contribution in [3.8, 4) is 5.69 Å². The molecule has 1 fully saturated rings. The van der Waals surface area contributed by atoms with Gasteiger partial charge in [-0.05, 0) is 38.4 Å². The fourth-order valence-corrected chi connectivity index (χ4v) is 3.19. The molecule has 0 saturated carbocycles. The van der Waals surface area contributed by atoms with Gasteiger partial charge in [0, 0.05) is 31.5 Å². The summed E-state index contributed by atoms with van der Waals surface area (Å²) in [5.41, 5.74) is 0.214. The summed E-state index contributed by atoms with van der Waals surface area (Å²) in [7, 11) is 4.12. The molecule has 1 aliphatic heterocycles. The molecule has 0 unspecified atom stereocenters. The number of likely N-dealkylation sites (N-methyl/N-ethyl adjacent to an activating group) is 1. The third-order valence-corrected chi connectivity index (χ3v) is 4.92. The van der Waals surface area contributed by atoms with Crippen LogP contribution < -0.4 is 10.3 Å². The molecule has 1 saturated heterocycles. The Balaban J connectivity index is 1.73. The van der Waals surface area contributed by atoms with Crippen LogP contribution in [0.1, 0.15) is 10.4 Å². The molecular formula is C19H19N5O3. The molecule has 4 rings (SSSR count). The third-order valence-electron chi connectivity index (χ3n) is 4.92. The molecule has 8 nitrogen and oxygen atoms in total. The molecule has 0 aromatic carbocycles. The Bertz CT molecular complexity index is 1070. The smallest absolute Gasteiger partial charge is 0.341 e. The van der Waals surface area contributed by atoms with Crippen LogP contribution in [0.15, 0.2) is 47.7 Å². The van der Waals surface area contributed by atoms with Gasteiger partial charge in [-0.3, -0.25) is 9.36 Å². The second kappa shape index (κ2) is 6.48. The van der Waals surface area contributed by atoms with Crippen LogP contribution in [-0.4, -0.2) is 63.7 Å². The second-order valence-electron chi connectivity index (χ2n) is 6.82. The van der Waals surface area contributed by atoms with Crippen molar-refractivity contribution in [3.63, 3.8) is 0 Å². The third kappa shape index (κ3) is 2.93. The summed E-state index contributed by atoms with van der Waals surface area (Å²) in [5.74, 6) is -0.395. The first-order valence-corrected chi connectivity index (χ1v) is 8.57. The van der Waals surface area contributed by atoms with Gasteiger partial charge in [0.2, 0.25) is 5.43 Å². The highest BCUT2D eigenvalue weighted by Crippen LogP contribution is 2.22. The summed E-state index contributed by atoms with van der Waals surface area (Å²) in [6.45, 7) is 1.84. The first kappa shape index (κ1) is 17.2. The van der Waals surface area contributed by atoms with Crippen molar-refractivity contribution >= 4 is 22.8 Å². The Labute approximate surface area is 155 Å². The van der Waals surface area contributed by atoms with Crippen molar-refractivity contribution in [2.75, 3.05) is 32.1 Å². The topological polar surface area (TPSA) is 91.6 Å². The number of aromatic nitrogens is 3. The molecule has 0 amide bonds. The number of rotatable bonds is 4. The summed E-state index contributed by atoms with van der Waals surface area (Å²) in [6, 6.07) is 7.48. The number of fused-ring (bicyclic) bond motifs is 1. The van der Waals surface area contributed by atoms with Crippen LogP contribution in [0.5, 0.6) is 0 Å². The van der Waals surface area contributed by atoms with Gasteiger partial charge in [-0.2, -0.15) is 0 Å². The van der Waals surface area contributed by atoms with E-state index < -0.39 is 11.4 Å². The van der Waals surface area contributed by atoms with Gasteiger partial charge in [0.1, 0.15) is 17.0 Å². The summed E-state index contributed by atoms with van der Waals surface area (Å²) >= 11 is 0. The maximum absolute atomic E-state index is 12.4. The molecule has 0 radical (unpaired) electrons. The quantitative estimate of drug-likeness (QED) is 0.743. The summed E-state index contributed by atoms with van der Waals surface area (Å²) in [5, 5.41) is 9.62. The highest BCUT2D eigenvalue weighted by atomic mass is 16.4. The molecule has 1 N–H and O–H groups in total. The number of pyridine rings is 3. The molecular weight excluding hydrogens is 346 g/mol. The van der Waals surface area contributed by atoms with E-state index in [-0.39, 0.29) is 10.9 Å². The number of carboxylic acids is 1. The van der Waals surface area contributed by atoms with Gasteiger partial charge in [-0.25, -0.2) is 14.8 Å². The van der Waals surface area contributed by atoms with Crippen molar-refractivity contribution in [1.82, 2.24) is 19.4 Å². The van der Waals surface area contributed by atoms with Crippen LogP contribution in [-0.2, 0) is 0 Å². The lowest BCUT2D eigenvalue weighted by Gasteiger charge is -2.43. The number of anilines is 1. The van der Waals surface area contributed by atoms with Crippen LogP contribution in [0.2, 0.25) is 0 Å². The normalized spacial score (nSPS) is 14.6. The molecule has 0 aliphatic carbocycles. The number of hydrogen-bond acceptors (Lipinski definition) is 6. The van der Waals surface area contributed by atoms with E-state index in [2.05, 4.69) is 33.9 Å². The average molecular weight is 365 g/mol. The maximum Gasteiger partial charge on any atom is 0.341 e. The van der Waals surface area contributed by atoms with Crippen molar-refractivity contribution in [2.45, 2.75) is 6.04 Å². The zero-order valence-electron chi connectivity index (χ0n) is 15.0. The van der Waals surface area contributed by atoms with E-state index in [0.717, 1.165) is 18.9 Å². The number of carbonyl (C=O) groups is 1. The highest BCUT2D eigenvalue weighted by Gasteiger charge is 2.29. The summed E-state index contributed by atoms with van der Waals surface area (Å²) in [4.78, 5) is 37.0. The lowest BCUT2D eigenvalue weighted by molar-refractivity contribution is 0.0695. The lowest BCUT2D eigenvalue weighted by atomic mass is 10.1. The summed E-state index contributed by atoms with van der Waals surface area (Å²) < 4.78 is 1.59. The monoisotopic (exact) mass is 365 g/mol. The standard InChI is InChI=1S/C19H19N5O3/c1-22(2)13-9-23(10-13)16-6-5-12(8-21-16)24-11-15(19(26)27)17(25)14-4-3-7-20-18(14)24/h3-8,11,13H,9-10H2,1-2H3,(H,26,27). The fraction of sp³-hybridized carbons (Fsp3) is 0.263. The van der Waals surface area contributed by atoms with Crippen LogP contribution >= 0.6 is 0 Å². The van der Waals surface area contributed by atoms with Gasteiger partial charge in [-0.15, -0.1) is 0 Å². The molecule has 1 aliphatic rings. The minimum absolute atomic E-state index is 0.262. The molecule has 0 bridgehead atoms. The Kier molecular flexibility index (Phi) is 4.12. The molecule has 8 heteroatoms. The van der Waals surface area contributed by atoms with Gasteiger partial charge in [0.15, 0.2) is 0 Å². The van der Waals surface area contributed by atoms with Crippen molar-refractivity contribution in [3.05, 3.63) is 58.6 Å². The number of nitrogens with zero attached hydrogens (tertiary/aromatic N) is 5. The first-order chi connectivity index (χ1) is 13.0. The predicted octanol–water partition coefficient (Wildman–Crippen LogP) is 1.23. The lowest BCUT2D eigenvalue weighted by Crippen LogP contribution is -2.57. The molecule has 0 atom stereocenters. The molecule has 27 heavy (non-hydrogen) atoms. The Hall–Kier alpha value is -3.26. The largest absolute Gasteiger partial charge is 0.477 e. The Morgan fingerprint density at radius 1 is 1.22 bits per heavy atom. The number of aromatic carboxylic acids is 1. The van der Waals surface area contributed by atoms with Crippen LogP contribution in [0.25, 0.3) is 16.7 Å². The van der Waals surface area contributed by atoms with Gasteiger partial charge in [0.25, 0.3) is 0 Å². The first-order valence-electron chi connectivity index (χ1n) is 8.57.